The monoisotopic (exact) mass is 580 g/mol. The first-order valence-corrected chi connectivity index (χ1v) is 15.4. The Bertz CT molecular complexity index is 1510. The number of hydrogen-bond acceptors (Lipinski definition) is 6. The predicted octanol–water partition coefficient (Wildman–Crippen LogP) is 5.06. The summed E-state index contributed by atoms with van der Waals surface area (Å²) in [6, 6.07) is 24.4. The molecule has 0 amide bonds. The predicted molar refractivity (Wildman–Crippen MR) is 154 cm³/mol. The minimum Gasteiger partial charge on any atom is -0.497 e. The maximum absolute atomic E-state index is 13.6. The molecule has 0 saturated heterocycles. The van der Waals surface area contributed by atoms with E-state index < -0.39 is 32.1 Å². The summed E-state index contributed by atoms with van der Waals surface area (Å²) >= 11 is 0. The number of ether oxygens (including phenoxy) is 2. The fourth-order valence-electron chi connectivity index (χ4n) is 4.18. The molecule has 0 aromatic heterocycles. The second kappa shape index (κ2) is 12.2. The quantitative estimate of drug-likeness (QED) is 0.257. The van der Waals surface area contributed by atoms with Crippen LogP contribution in [0.1, 0.15) is 34.3 Å². The van der Waals surface area contributed by atoms with Crippen molar-refractivity contribution in [2.24, 2.45) is 0 Å². The first-order chi connectivity index (χ1) is 19.0. The van der Waals surface area contributed by atoms with Crippen LogP contribution in [0.2, 0.25) is 0 Å². The number of aryl methyl sites for hydroxylation is 2. The van der Waals surface area contributed by atoms with Crippen LogP contribution in [-0.2, 0) is 20.0 Å². The van der Waals surface area contributed by atoms with Gasteiger partial charge in [0.1, 0.15) is 11.5 Å². The van der Waals surface area contributed by atoms with Crippen molar-refractivity contribution in [3.63, 3.8) is 0 Å². The van der Waals surface area contributed by atoms with Gasteiger partial charge >= 0.3 is 0 Å². The lowest BCUT2D eigenvalue weighted by Gasteiger charge is -2.30. The lowest BCUT2D eigenvalue weighted by atomic mass is 9.94. The highest BCUT2D eigenvalue weighted by Crippen LogP contribution is 2.34. The molecule has 0 radical (unpaired) electrons. The Balaban J connectivity index is 1.86. The molecule has 4 aromatic rings. The third-order valence-electron chi connectivity index (χ3n) is 6.51. The van der Waals surface area contributed by atoms with E-state index in [1.165, 1.54) is 38.5 Å². The lowest BCUT2D eigenvalue weighted by Crippen LogP contribution is -2.40. The first kappa shape index (κ1) is 29.3. The average Bonchev–Trinajstić information content (AvgIpc) is 2.95. The molecule has 2 atom stereocenters. The van der Waals surface area contributed by atoms with Crippen LogP contribution in [0.3, 0.4) is 0 Å². The summed E-state index contributed by atoms with van der Waals surface area (Å²) in [6.07, 6.45) is 0. The summed E-state index contributed by atoms with van der Waals surface area (Å²) in [5.74, 6) is 1.15. The fraction of sp³-hybridized carbons (Fsp3) is 0.200. The molecule has 0 aliphatic carbocycles. The number of nitrogens with one attached hydrogen (secondary N) is 2. The van der Waals surface area contributed by atoms with Crippen LogP contribution in [0.4, 0.5) is 0 Å². The molecule has 0 aliphatic rings. The highest BCUT2D eigenvalue weighted by Gasteiger charge is 2.33. The fourth-order valence-corrected chi connectivity index (χ4v) is 6.66. The number of hydrogen-bond donors (Lipinski definition) is 2. The van der Waals surface area contributed by atoms with Gasteiger partial charge in [0.2, 0.25) is 20.0 Å². The largest absolute Gasteiger partial charge is 0.497 e. The van der Waals surface area contributed by atoms with E-state index in [9.17, 15) is 16.8 Å². The summed E-state index contributed by atoms with van der Waals surface area (Å²) in [7, 11) is -5.08. The lowest BCUT2D eigenvalue weighted by molar-refractivity contribution is 0.412. The molecule has 0 aliphatic heterocycles. The molecular weight excluding hydrogens is 548 g/mol. The summed E-state index contributed by atoms with van der Waals surface area (Å²) < 4.78 is 70.6. The highest BCUT2D eigenvalue weighted by molar-refractivity contribution is 7.90. The molecule has 210 valence electrons. The molecule has 0 spiro atoms. The van der Waals surface area contributed by atoms with E-state index in [4.69, 9.17) is 9.47 Å². The number of sulfonamides is 2. The van der Waals surface area contributed by atoms with E-state index in [-0.39, 0.29) is 9.79 Å². The van der Waals surface area contributed by atoms with Gasteiger partial charge in [-0.1, -0.05) is 59.7 Å². The van der Waals surface area contributed by atoms with Gasteiger partial charge in [-0.05, 0) is 73.5 Å². The van der Waals surface area contributed by atoms with Crippen LogP contribution >= 0.6 is 0 Å². The SMILES string of the molecule is COc1ccc(C(NS(=O)(=O)c2ccc(C)cc2)C(NS(=O)(=O)c2ccc(C)cc2)c2ccc(OC)cc2)cc1. The summed E-state index contributed by atoms with van der Waals surface area (Å²) in [4.78, 5) is 0.123. The van der Waals surface area contributed by atoms with Crippen molar-refractivity contribution in [2.75, 3.05) is 14.2 Å². The normalized spacial score (nSPS) is 13.4. The van der Waals surface area contributed by atoms with Gasteiger partial charge in [-0.25, -0.2) is 26.3 Å². The third kappa shape index (κ3) is 6.89. The van der Waals surface area contributed by atoms with Gasteiger partial charge in [-0.2, -0.15) is 0 Å². The minimum absolute atomic E-state index is 0.0616. The smallest absolute Gasteiger partial charge is 0.241 e. The molecule has 0 fully saturated rings. The minimum atomic E-state index is -4.07. The average molecular weight is 581 g/mol. The molecule has 0 heterocycles. The van der Waals surface area contributed by atoms with Crippen molar-refractivity contribution in [3.8, 4) is 11.5 Å². The van der Waals surface area contributed by atoms with E-state index in [1.54, 1.807) is 72.8 Å². The molecule has 10 heteroatoms. The van der Waals surface area contributed by atoms with Crippen LogP contribution in [0.15, 0.2) is 107 Å². The molecule has 8 nitrogen and oxygen atoms in total. The standard InChI is InChI=1S/C30H32N2O6S2/c1-21-5-17-27(18-6-21)39(33,34)31-29(23-9-13-25(37-3)14-10-23)30(24-11-15-26(38-4)16-12-24)32-40(35,36)28-19-7-22(2)8-20-28/h5-20,29-32H,1-4H3. The zero-order valence-electron chi connectivity index (χ0n) is 22.7. The van der Waals surface area contributed by atoms with Crippen LogP contribution in [-0.4, -0.2) is 31.1 Å². The molecule has 0 bridgehead atoms. The maximum atomic E-state index is 13.6. The van der Waals surface area contributed by atoms with E-state index in [2.05, 4.69) is 9.44 Å². The summed E-state index contributed by atoms with van der Waals surface area (Å²) in [6.45, 7) is 3.73. The molecule has 4 aromatic carbocycles. The molecule has 2 N–H and O–H groups in total. The van der Waals surface area contributed by atoms with Crippen molar-refractivity contribution in [2.45, 2.75) is 35.7 Å². The maximum Gasteiger partial charge on any atom is 0.241 e. The third-order valence-corrected chi connectivity index (χ3v) is 9.42. The van der Waals surface area contributed by atoms with Crippen molar-refractivity contribution in [1.82, 2.24) is 9.44 Å². The van der Waals surface area contributed by atoms with Crippen molar-refractivity contribution >= 4 is 20.0 Å². The highest BCUT2D eigenvalue weighted by atomic mass is 32.2. The van der Waals surface area contributed by atoms with E-state index >= 15 is 0 Å². The molecular formula is C30H32N2O6S2. The Morgan fingerprint density at radius 1 is 0.500 bits per heavy atom. The number of benzene rings is 4. The summed E-state index contributed by atoms with van der Waals surface area (Å²) in [5.41, 5.74) is 2.88. The Labute approximate surface area is 236 Å². The second-order valence-electron chi connectivity index (χ2n) is 9.37. The Hall–Kier alpha value is -3.70. The van der Waals surface area contributed by atoms with Crippen molar-refractivity contribution in [3.05, 3.63) is 119 Å². The van der Waals surface area contributed by atoms with Gasteiger partial charge < -0.3 is 9.47 Å². The number of rotatable bonds is 11. The molecule has 0 saturated carbocycles. The van der Waals surface area contributed by atoms with E-state index in [0.29, 0.717) is 22.6 Å². The summed E-state index contributed by atoms with van der Waals surface area (Å²) in [5, 5.41) is 0. The van der Waals surface area contributed by atoms with Crippen molar-refractivity contribution in [1.29, 1.82) is 0 Å². The Morgan fingerprint density at radius 3 is 1.07 bits per heavy atom. The van der Waals surface area contributed by atoms with E-state index in [0.717, 1.165) is 11.1 Å². The van der Waals surface area contributed by atoms with Gasteiger partial charge in [0, 0.05) is 0 Å². The van der Waals surface area contributed by atoms with Crippen LogP contribution in [0, 0.1) is 13.8 Å². The topological polar surface area (TPSA) is 111 Å². The first-order valence-electron chi connectivity index (χ1n) is 12.5. The van der Waals surface area contributed by atoms with Crippen LogP contribution < -0.4 is 18.9 Å². The van der Waals surface area contributed by atoms with Gasteiger partial charge in [0.15, 0.2) is 0 Å². The molecule has 40 heavy (non-hydrogen) atoms. The zero-order chi connectivity index (χ0) is 28.9. The van der Waals surface area contributed by atoms with Gasteiger partial charge in [-0.15, -0.1) is 0 Å². The zero-order valence-corrected chi connectivity index (χ0v) is 24.3. The second-order valence-corrected chi connectivity index (χ2v) is 12.8. The van der Waals surface area contributed by atoms with Gasteiger partial charge in [-0.3, -0.25) is 0 Å². The van der Waals surface area contributed by atoms with Crippen LogP contribution in [0.5, 0.6) is 11.5 Å². The number of methoxy groups -OCH3 is 2. The molecule has 4 rings (SSSR count). The van der Waals surface area contributed by atoms with E-state index in [1.807, 2.05) is 13.8 Å². The Kier molecular flexibility index (Phi) is 8.95. The van der Waals surface area contributed by atoms with Crippen molar-refractivity contribution < 1.29 is 26.3 Å². The Morgan fingerprint density at radius 2 is 0.800 bits per heavy atom. The van der Waals surface area contributed by atoms with Gasteiger partial charge in [0.05, 0.1) is 36.1 Å². The van der Waals surface area contributed by atoms with Crippen LogP contribution in [0.25, 0.3) is 0 Å². The van der Waals surface area contributed by atoms with Gasteiger partial charge in [0.25, 0.3) is 0 Å². The molecule has 2 unspecified atom stereocenters.